The Kier molecular flexibility index (Phi) is 42.4. The summed E-state index contributed by atoms with van der Waals surface area (Å²) in [4.78, 5) is 0. The van der Waals surface area contributed by atoms with Gasteiger partial charge >= 0.3 is 0 Å². The monoisotopic (exact) mass is 850 g/mol. The van der Waals surface area contributed by atoms with Crippen molar-refractivity contribution in [1.29, 1.82) is 0 Å². The molecule has 0 amide bonds. The van der Waals surface area contributed by atoms with Crippen LogP contribution in [-0.2, 0) is 27.8 Å². The van der Waals surface area contributed by atoms with Crippen LogP contribution in [0.4, 0.5) is 0 Å². The Morgan fingerprint density at radius 3 is 0.964 bits per heavy atom. The fourth-order valence-electron chi connectivity index (χ4n) is 6.19. The van der Waals surface area contributed by atoms with Crippen molar-refractivity contribution in [1.82, 2.24) is 6.15 Å². The van der Waals surface area contributed by atoms with E-state index >= 15 is 0 Å². The third kappa shape index (κ3) is 21.6. The number of ether oxygens (including phenoxy) is 4. The fourth-order valence-corrected chi connectivity index (χ4v) is 9.16. The quantitative estimate of drug-likeness (QED) is 0.274. The molecule has 2 aliphatic heterocycles. The maximum Gasteiger partial charge on any atom is 0.192 e. The number of hydrogen-bond donors (Lipinski definition) is 1. The van der Waals surface area contributed by atoms with Gasteiger partial charge in [0.1, 0.15) is 0 Å². The molecule has 2 aliphatic rings. The van der Waals surface area contributed by atoms with Crippen LogP contribution < -0.4 is 6.15 Å². The molecule has 55 heavy (non-hydrogen) atoms. The minimum absolute atomic E-state index is 0. The second-order valence-electron chi connectivity index (χ2n) is 18.1. The first kappa shape index (κ1) is 75.6. The molecule has 348 valence electrons. The third-order valence-corrected chi connectivity index (χ3v) is 20.9. The molecular formula is C38H99NO14Si2. The normalized spacial score (nSPS) is 25.7. The highest BCUT2D eigenvalue weighted by molar-refractivity contribution is 6.74. The lowest BCUT2D eigenvalue weighted by Crippen LogP contribution is -2.52. The zero-order valence-electron chi connectivity index (χ0n) is 38.9. The summed E-state index contributed by atoms with van der Waals surface area (Å²) in [5.74, 6) is 2.65. The summed E-state index contributed by atoms with van der Waals surface area (Å²) in [5.41, 5.74) is 0. The minimum atomic E-state index is -1.80. The maximum atomic E-state index is 6.87. The molecule has 2 saturated heterocycles. The molecule has 2 fully saturated rings. The molecule has 0 saturated carbocycles. The van der Waals surface area contributed by atoms with Crippen LogP contribution in [-0.4, -0.2) is 111 Å². The summed E-state index contributed by atoms with van der Waals surface area (Å²) in [5, 5.41) is 0.460. The molecular weight excluding hydrogens is 751 g/mol. The van der Waals surface area contributed by atoms with Crippen LogP contribution in [0.2, 0.25) is 36.3 Å². The predicted octanol–water partition coefficient (Wildman–Crippen LogP) is 4.48. The minimum Gasteiger partial charge on any atom is -0.413 e. The molecule has 0 aliphatic carbocycles. The van der Waals surface area contributed by atoms with Gasteiger partial charge in [-0.3, -0.25) is 0 Å². The van der Waals surface area contributed by atoms with Gasteiger partial charge in [-0.05, 0) is 61.9 Å². The first-order valence-electron chi connectivity index (χ1n) is 18.7. The van der Waals surface area contributed by atoms with Crippen LogP contribution in [0.3, 0.4) is 0 Å². The van der Waals surface area contributed by atoms with Crippen molar-refractivity contribution >= 4 is 16.6 Å². The zero-order chi connectivity index (χ0) is 36.0. The van der Waals surface area contributed by atoms with Crippen molar-refractivity contribution < 1.29 is 71.6 Å². The van der Waals surface area contributed by atoms with Crippen molar-refractivity contribution in [2.45, 2.75) is 197 Å². The summed E-state index contributed by atoms with van der Waals surface area (Å²) < 4.78 is 37.3. The van der Waals surface area contributed by atoms with Crippen LogP contribution in [0.15, 0.2) is 0 Å². The van der Waals surface area contributed by atoms with Crippen molar-refractivity contribution in [3.05, 3.63) is 0 Å². The van der Waals surface area contributed by atoms with Gasteiger partial charge in [0.25, 0.3) is 0 Å². The molecule has 0 aromatic heterocycles. The molecule has 0 aromatic carbocycles. The van der Waals surface area contributed by atoms with Gasteiger partial charge in [-0.1, -0.05) is 110 Å². The lowest BCUT2D eigenvalue weighted by Gasteiger charge is -2.46. The lowest BCUT2D eigenvalue weighted by molar-refractivity contribution is -0.244. The van der Waals surface area contributed by atoms with Gasteiger partial charge in [0.2, 0.25) is 0 Å². The van der Waals surface area contributed by atoms with Crippen molar-refractivity contribution in [2.24, 2.45) is 35.5 Å². The first-order chi connectivity index (χ1) is 20.8. The largest absolute Gasteiger partial charge is 0.413 e. The van der Waals surface area contributed by atoms with Crippen molar-refractivity contribution in [3.8, 4) is 0 Å². The maximum absolute atomic E-state index is 6.87. The Hall–Kier alpha value is -0.166. The van der Waals surface area contributed by atoms with Crippen LogP contribution in [0, 0.1) is 35.5 Å². The second kappa shape index (κ2) is 30.8. The smallest absolute Gasteiger partial charge is 0.192 e. The summed E-state index contributed by atoms with van der Waals surface area (Å²) in [6, 6.07) is 0. The molecule has 19 N–H and O–H groups in total. The Balaban J connectivity index is -0.0000000945. The second-order valence-corrected chi connectivity index (χ2v) is 27.6. The Morgan fingerprint density at radius 1 is 0.527 bits per heavy atom. The topological polar surface area (TPSA) is 342 Å². The Morgan fingerprint density at radius 2 is 0.764 bits per heavy atom. The van der Waals surface area contributed by atoms with E-state index in [0.29, 0.717) is 35.5 Å². The highest BCUT2D eigenvalue weighted by Gasteiger charge is 2.46. The van der Waals surface area contributed by atoms with E-state index in [0.717, 1.165) is 26.1 Å². The molecule has 2 unspecified atom stereocenters. The van der Waals surface area contributed by atoms with Gasteiger partial charge in [0.05, 0.1) is 37.6 Å². The van der Waals surface area contributed by atoms with Crippen LogP contribution in [0.1, 0.15) is 124 Å². The Labute approximate surface area is 339 Å². The van der Waals surface area contributed by atoms with E-state index in [-0.39, 0.29) is 97.0 Å². The molecule has 0 bridgehead atoms. The zero-order valence-corrected chi connectivity index (χ0v) is 40.9. The third-order valence-electron chi connectivity index (χ3n) is 12.0. The van der Waals surface area contributed by atoms with Crippen LogP contribution in [0.5, 0.6) is 0 Å². The van der Waals surface area contributed by atoms with Crippen molar-refractivity contribution in [3.63, 3.8) is 0 Å². The van der Waals surface area contributed by atoms with Gasteiger partial charge in [-0.25, -0.2) is 0 Å². The highest BCUT2D eigenvalue weighted by Crippen LogP contribution is 2.42. The standard InChI is InChI=1S/2C19H40O3Si.H3N.8H2O/c2*1-11-13(2)18(22-23(9,10)19(6,7)8)15(4)17-14(3)12-20-16(5)21-17;;;;;;;;;/h2*13-18H,11-12H2,1-10H3;1H3;8*1H2/t2*13-,14-,15+,16-,17?,18+;;;;;;;;;/m00........./s1. The van der Waals surface area contributed by atoms with E-state index in [9.17, 15) is 0 Å². The number of hydrogen-bond acceptors (Lipinski definition) is 7. The predicted molar refractivity (Wildman–Crippen MR) is 234 cm³/mol. The van der Waals surface area contributed by atoms with Gasteiger partial charge in [-0.15, -0.1) is 0 Å². The summed E-state index contributed by atoms with van der Waals surface area (Å²) in [6.07, 6.45) is 2.98. The van der Waals surface area contributed by atoms with E-state index in [2.05, 4.69) is 123 Å². The average molecular weight is 850 g/mol. The molecule has 12 atom stereocenters. The van der Waals surface area contributed by atoms with E-state index in [4.69, 9.17) is 27.8 Å². The average Bonchev–Trinajstić information content (AvgIpc) is 2.94. The lowest BCUT2D eigenvalue weighted by atomic mass is 9.83. The Bertz CT molecular complexity index is 824. The van der Waals surface area contributed by atoms with E-state index in [1.807, 2.05) is 13.8 Å². The highest BCUT2D eigenvalue weighted by atomic mass is 28.4. The summed E-state index contributed by atoms with van der Waals surface area (Å²) >= 11 is 0. The fraction of sp³-hybridized carbons (Fsp3) is 1.00. The first-order valence-corrected chi connectivity index (χ1v) is 24.5. The number of rotatable bonds is 12. The van der Waals surface area contributed by atoms with Crippen LogP contribution >= 0.6 is 0 Å². The molecule has 2 heterocycles. The molecule has 0 spiro atoms. The van der Waals surface area contributed by atoms with Crippen molar-refractivity contribution in [2.75, 3.05) is 13.2 Å². The SMILES string of the molecule is CC[C@H](C)[C@@H](O[Si](C)(C)C(C)(C)C)[C@H](C)C1O[C@@H](C)OC[C@@H]1C.CC[C@H](C)[C@@H](O[Si](C)(C)C(C)(C)C)[C@H](C)C1O[C@@H](C)OC[C@@H]1C.N.O.O.O.O.O.O.O.O. The van der Waals surface area contributed by atoms with Gasteiger partial charge in [0.15, 0.2) is 29.2 Å². The molecule has 17 heteroatoms. The summed E-state index contributed by atoms with van der Waals surface area (Å²) in [6.45, 7) is 47.1. The van der Waals surface area contributed by atoms with Gasteiger partial charge in [0, 0.05) is 23.7 Å². The van der Waals surface area contributed by atoms with Crippen LogP contribution in [0.25, 0.3) is 0 Å². The van der Waals surface area contributed by atoms with Gasteiger partial charge in [-0.2, -0.15) is 0 Å². The van der Waals surface area contributed by atoms with E-state index in [1.165, 1.54) is 0 Å². The summed E-state index contributed by atoms with van der Waals surface area (Å²) in [7, 11) is -3.60. The van der Waals surface area contributed by atoms with E-state index in [1.54, 1.807) is 0 Å². The van der Waals surface area contributed by atoms with Gasteiger partial charge < -0.3 is 77.8 Å². The molecule has 0 aromatic rings. The molecule has 15 nitrogen and oxygen atoms in total. The molecule has 2 rings (SSSR count). The molecule has 0 radical (unpaired) electrons. The van der Waals surface area contributed by atoms with E-state index < -0.39 is 16.6 Å².